The number of piperidine rings is 1. The van der Waals surface area contributed by atoms with E-state index in [0.29, 0.717) is 12.6 Å². The highest BCUT2D eigenvalue weighted by Gasteiger charge is 2.28. The number of hydrogen-bond donors (Lipinski definition) is 0. The Balaban J connectivity index is 1.35. The molecular weight excluding hydrogens is 502 g/mol. The quantitative estimate of drug-likeness (QED) is 0.508. The average Bonchev–Trinajstić information content (AvgIpc) is 2.96. The summed E-state index contributed by atoms with van der Waals surface area (Å²) in [6.07, 6.45) is 6.41. The number of aromatic nitrogens is 2. The molecule has 220 valence electrons. The van der Waals surface area contributed by atoms with Crippen LogP contribution in [-0.2, 0) is 26.9 Å². The standard InChI is InChI=1S/C32H49N5O3/c1-31(2,3)26-21-33-29(37-13-17-39-18-14-37)19-24(26)23-40-28-20-30(34-22-27(28)32(4,5)6)36-9-7-25(8-10-36)35-11-15-38-16-12-35/h19-22,25H,7-18,23H2,1-6H3. The van der Waals surface area contributed by atoms with E-state index in [1.54, 1.807) is 0 Å². The highest BCUT2D eigenvalue weighted by molar-refractivity contribution is 5.50. The van der Waals surface area contributed by atoms with Gasteiger partial charge in [0, 0.05) is 69.3 Å². The van der Waals surface area contributed by atoms with Gasteiger partial charge in [0.15, 0.2) is 0 Å². The van der Waals surface area contributed by atoms with Crippen LogP contribution in [0.15, 0.2) is 24.5 Å². The van der Waals surface area contributed by atoms with Gasteiger partial charge in [0.1, 0.15) is 24.0 Å². The van der Waals surface area contributed by atoms with Crippen LogP contribution in [0.25, 0.3) is 0 Å². The summed E-state index contributed by atoms with van der Waals surface area (Å²) in [4.78, 5) is 17.1. The number of morpholine rings is 2. The van der Waals surface area contributed by atoms with Crippen molar-refractivity contribution < 1.29 is 14.2 Å². The molecule has 0 amide bonds. The van der Waals surface area contributed by atoms with E-state index in [1.807, 2.05) is 12.4 Å². The van der Waals surface area contributed by atoms with Crippen molar-refractivity contribution >= 4 is 11.6 Å². The summed E-state index contributed by atoms with van der Waals surface area (Å²) >= 11 is 0. The highest BCUT2D eigenvalue weighted by Crippen LogP contribution is 2.36. The molecule has 5 rings (SSSR count). The van der Waals surface area contributed by atoms with Gasteiger partial charge in [-0.3, -0.25) is 4.90 Å². The molecule has 3 aliphatic rings. The van der Waals surface area contributed by atoms with Gasteiger partial charge in [0.05, 0.1) is 26.4 Å². The molecule has 0 aromatic carbocycles. The van der Waals surface area contributed by atoms with Crippen LogP contribution in [0.4, 0.5) is 11.6 Å². The predicted octanol–water partition coefficient (Wildman–Crippen LogP) is 4.79. The molecule has 0 aliphatic carbocycles. The van der Waals surface area contributed by atoms with E-state index >= 15 is 0 Å². The zero-order valence-corrected chi connectivity index (χ0v) is 25.5. The zero-order chi connectivity index (χ0) is 28.3. The molecule has 2 aromatic rings. The van der Waals surface area contributed by atoms with Crippen LogP contribution >= 0.6 is 0 Å². The summed E-state index contributed by atoms with van der Waals surface area (Å²) in [5.74, 6) is 2.95. The lowest BCUT2D eigenvalue weighted by Gasteiger charge is -2.40. The van der Waals surface area contributed by atoms with Crippen LogP contribution in [0.2, 0.25) is 0 Å². The summed E-state index contributed by atoms with van der Waals surface area (Å²) in [5.41, 5.74) is 3.44. The molecule has 0 unspecified atom stereocenters. The van der Waals surface area contributed by atoms with Gasteiger partial charge < -0.3 is 24.0 Å². The Morgan fingerprint density at radius 3 is 1.85 bits per heavy atom. The number of pyridine rings is 2. The maximum atomic E-state index is 6.72. The summed E-state index contributed by atoms with van der Waals surface area (Å²) in [6.45, 7) is 23.0. The molecule has 0 radical (unpaired) electrons. The normalized spacial score (nSPS) is 20.1. The molecule has 8 nitrogen and oxygen atoms in total. The summed E-state index contributed by atoms with van der Waals surface area (Å²) in [7, 11) is 0. The fourth-order valence-electron chi connectivity index (χ4n) is 6.08. The predicted molar refractivity (Wildman–Crippen MR) is 161 cm³/mol. The van der Waals surface area contributed by atoms with Crippen molar-refractivity contribution in [3.8, 4) is 5.75 Å². The van der Waals surface area contributed by atoms with Gasteiger partial charge >= 0.3 is 0 Å². The highest BCUT2D eigenvalue weighted by atomic mass is 16.5. The molecule has 5 heterocycles. The van der Waals surface area contributed by atoms with Crippen LogP contribution in [0.1, 0.15) is 71.1 Å². The minimum absolute atomic E-state index is 0.0314. The molecule has 0 N–H and O–H groups in total. The van der Waals surface area contributed by atoms with Crippen LogP contribution in [0.5, 0.6) is 5.75 Å². The fraction of sp³-hybridized carbons (Fsp3) is 0.688. The second kappa shape index (κ2) is 12.2. The number of nitrogens with zero attached hydrogens (tertiary/aromatic N) is 5. The third-order valence-electron chi connectivity index (χ3n) is 8.51. The third kappa shape index (κ3) is 6.89. The van der Waals surface area contributed by atoms with Gasteiger partial charge in [-0.25, -0.2) is 9.97 Å². The number of anilines is 2. The Bertz CT molecular complexity index is 1120. The monoisotopic (exact) mass is 551 g/mol. The molecule has 40 heavy (non-hydrogen) atoms. The van der Waals surface area contributed by atoms with E-state index in [1.165, 1.54) is 11.1 Å². The van der Waals surface area contributed by atoms with Crippen LogP contribution in [-0.4, -0.2) is 86.6 Å². The second-order valence-corrected chi connectivity index (χ2v) is 13.5. The Morgan fingerprint density at radius 1 is 0.725 bits per heavy atom. The lowest BCUT2D eigenvalue weighted by atomic mass is 9.85. The first-order valence-electron chi connectivity index (χ1n) is 15.1. The van der Waals surface area contributed by atoms with Gasteiger partial charge in [-0.1, -0.05) is 41.5 Å². The molecule has 3 aliphatic heterocycles. The van der Waals surface area contributed by atoms with Gasteiger partial charge in [-0.15, -0.1) is 0 Å². The number of ether oxygens (including phenoxy) is 3. The van der Waals surface area contributed by atoms with Crippen molar-refractivity contribution in [3.63, 3.8) is 0 Å². The van der Waals surface area contributed by atoms with E-state index in [-0.39, 0.29) is 10.8 Å². The number of hydrogen-bond acceptors (Lipinski definition) is 8. The molecule has 0 atom stereocenters. The maximum absolute atomic E-state index is 6.72. The molecule has 3 saturated heterocycles. The summed E-state index contributed by atoms with van der Waals surface area (Å²) in [6, 6.07) is 5.05. The molecule has 8 heteroatoms. The SMILES string of the molecule is CC(C)(C)c1cnc(N2CCOCC2)cc1COc1cc(N2CCC(N3CCOCC3)CC2)ncc1C(C)(C)C. The van der Waals surface area contributed by atoms with E-state index in [4.69, 9.17) is 24.2 Å². The van der Waals surface area contributed by atoms with Crippen molar-refractivity contribution in [3.05, 3.63) is 41.2 Å². The van der Waals surface area contributed by atoms with E-state index in [9.17, 15) is 0 Å². The van der Waals surface area contributed by atoms with Crippen LogP contribution in [0.3, 0.4) is 0 Å². The smallest absolute Gasteiger partial charge is 0.132 e. The van der Waals surface area contributed by atoms with E-state index < -0.39 is 0 Å². The van der Waals surface area contributed by atoms with Crippen LogP contribution < -0.4 is 14.5 Å². The fourth-order valence-corrected chi connectivity index (χ4v) is 6.08. The largest absolute Gasteiger partial charge is 0.488 e. The summed E-state index contributed by atoms with van der Waals surface area (Å²) in [5, 5.41) is 0. The average molecular weight is 552 g/mol. The Kier molecular flexibility index (Phi) is 8.88. The first-order valence-corrected chi connectivity index (χ1v) is 15.1. The number of rotatable bonds is 6. The van der Waals surface area contributed by atoms with Crippen molar-refractivity contribution in [1.29, 1.82) is 0 Å². The molecule has 3 fully saturated rings. The Morgan fingerprint density at radius 2 is 1.25 bits per heavy atom. The van der Waals surface area contributed by atoms with Gasteiger partial charge in [0.2, 0.25) is 0 Å². The zero-order valence-electron chi connectivity index (χ0n) is 25.5. The Labute approximate surface area is 241 Å². The van der Waals surface area contributed by atoms with Gasteiger partial charge in [-0.05, 0) is 40.9 Å². The van der Waals surface area contributed by atoms with Crippen LogP contribution in [0, 0.1) is 0 Å². The van der Waals surface area contributed by atoms with E-state index in [2.05, 4.69) is 68.4 Å². The minimum Gasteiger partial charge on any atom is -0.488 e. The lowest BCUT2D eigenvalue weighted by Crippen LogP contribution is -2.49. The summed E-state index contributed by atoms with van der Waals surface area (Å²) < 4.78 is 17.8. The maximum Gasteiger partial charge on any atom is 0.132 e. The molecule has 0 bridgehead atoms. The van der Waals surface area contributed by atoms with Gasteiger partial charge in [-0.2, -0.15) is 0 Å². The van der Waals surface area contributed by atoms with Gasteiger partial charge in [0.25, 0.3) is 0 Å². The van der Waals surface area contributed by atoms with Crippen molar-refractivity contribution in [2.24, 2.45) is 0 Å². The first kappa shape index (κ1) is 29.1. The first-order chi connectivity index (χ1) is 19.1. The minimum atomic E-state index is -0.0751. The Hall–Kier alpha value is -2.42. The molecule has 0 spiro atoms. The molecule has 2 aromatic heterocycles. The topological polar surface area (TPSA) is 63.2 Å². The lowest BCUT2D eigenvalue weighted by molar-refractivity contribution is 0.0114. The second-order valence-electron chi connectivity index (χ2n) is 13.5. The molecular formula is C32H49N5O3. The van der Waals surface area contributed by atoms with Crippen molar-refractivity contribution in [2.45, 2.75) is 77.9 Å². The molecule has 0 saturated carbocycles. The van der Waals surface area contributed by atoms with E-state index in [0.717, 1.165) is 101 Å². The van der Waals surface area contributed by atoms with Crippen molar-refractivity contribution in [1.82, 2.24) is 14.9 Å². The third-order valence-corrected chi connectivity index (χ3v) is 8.51. The van der Waals surface area contributed by atoms with Crippen molar-refractivity contribution in [2.75, 3.05) is 75.5 Å².